The summed E-state index contributed by atoms with van der Waals surface area (Å²) in [7, 11) is 1.64. The highest BCUT2D eigenvalue weighted by Gasteiger charge is 2.26. The number of primary amides is 1. The van der Waals surface area contributed by atoms with Crippen molar-refractivity contribution in [2.75, 3.05) is 5.73 Å². The molecule has 2 amide bonds. The van der Waals surface area contributed by atoms with E-state index in [2.05, 4.69) is 10.4 Å². The summed E-state index contributed by atoms with van der Waals surface area (Å²) in [6.07, 6.45) is 0.635. The first-order chi connectivity index (χ1) is 8.79. The lowest BCUT2D eigenvalue weighted by molar-refractivity contribution is -0.120. The number of carbonyl (C=O) groups excluding carboxylic acids is 2. The molecule has 0 fully saturated rings. The summed E-state index contributed by atoms with van der Waals surface area (Å²) in [6, 6.07) is -0.730. The van der Waals surface area contributed by atoms with Gasteiger partial charge in [-0.25, -0.2) is 0 Å². The van der Waals surface area contributed by atoms with Crippen molar-refractivity contribution in [1.82, 2.24) is 15.1 Å². The number of nitrogens with zero attached hydrogens (tertiary/aromatic N) is 2. The standard InChI is InChI=1S/C12H21N5O2/c1-5-7-8(13)10(17(4)16-7)12(19)15-9(6(2)3)11(14)18/h6,9H,5,13H2,1-4H3,(H2,14,18)(H,15,19). The molecule has 0 aliphatic heterocycles. The van der Waals surface area contributed by atoms with Gasteiger partial charge in [0.25, 0.3) is 5.91 Å². The van der Waals surface area contributed by atoms with Crippen molar-refractivity contribution in [3.63, 3.8) is 0 Å². The van der Waals surface area contributed by atoms with Crippen molar-refractivity contribution < 1.29 is 9.59 Å². The van der Waals surface area contributed by atoms with Crippen LogP contribution in [0.15, 0.2) is 0 Å². The largest absolute Gasteiger partial charge is 0.395 e. The molecule has 0 saturated carbocycles. The van der Waals surface area contributed by atoms with Crippen LogP contribution in [-0.4, -0.2) is 27.6 Å². The van der Waals surface area contributed by atoms with Crippen LogP contribution < -0.4 is 16.8 Å². The first-order valence-electron chi connectivity index (χ1n) is 6.21. The van der Waals surface area contributed by atoms with Gasteiger partial charge in [0.15, 0.2) is 0 Å². The first-order valence-corrected chi connectivity index (χ1v) is 6.21. The van der Waals surface area contributed by atoms with Gasteiger partial charge in [-0.3, -0.25) is 14.3 Å². The number of nitrogens with two attached hydrogens (primary N) is 2. The molecule has 1 aromatic rings. The second-order valence-electron chi connectivity index (χ2n) is 4.78. The number of nitrogens with one attached hydrogen (secondary N) is 1. The topological polar surface area (TPSA) is 116 Å². The minimum absolute atomic E-state index is 0.0958. The third kappa shape index (κ3) is 3.04. The van der Waals surface area contributed by atoms with Gasteiger partial charge in [0.2, 0.25) is 5.91 Å². The zero-order valence-electron chi connectivity index (χ0n) is 11.7. The number of carbonyl (C=O) groups is 2. The quantitative estimate of drug-likeness (QED) is 0.685. The van der Waals surface area contributed by atoms with E-state index in [-0.39, 0.29) is 11.6 Å². The number of aryl methyl sites for hydroxylation is 2. The predicted molar refractivity (Wildman–Crippen MR) is 72.3 cm³/mol. The van der Waals surface area contributed by atoms with Gasteiger partial charge in [0.05, 0.1) is 11.4 Å². The van der Waals surface area contributed by atoms with Crippen LogP contribution in [0, 0.1) is 5.92 Å². The van der Waals surface area contributed by atoms with Crippen molar-refractivity contribution in [3.8, 4) is 0 Å². The molecule has 0 spiro atoms. The molecule has 19 heavy (non-hydrogen) atoms. The van der Waals surface area contributed by atoms with Crippen molar-refractivity contribution in [3.05, 3.63) is 11.4 Å². The minimum Gasteiger partial charge on any atom is -0.395 e. The van der Waals surface area contributed by atoms with Gasteiger partial charge >= 0.3 is 0 Å². The molecule has 0 bridgehead atoms. The summed E-state index contributed by atoms with van der Waals surface area (Å²) < 4.78 is 1.42. The Balaban J connectivity index is 3.01. The van der Waals surface area contributed by atoms with E-state index in [1.807, 2.05) is 6.92 Å². The van der Waals surface area contributed by atoms with Crippen LogP contribution in [-0.2, 0) is 18.3 Å². The highest BCUT2D eigenvalue weighted by molar-refractivity contribution is 6.00. The number of amides is 2. The summed E-state index contributed by atoms with van der Waals surface area (Å²) in [5, 5.41) is 6.76. The van der Waals surface area contributed by atoms with Crippen LogP contribution in [0.3, 0.4) is 0 Å². The lowest BCUT2D eigenvalue weighted by Gasteiger charge is -2.19. The van der Waals surface area contributed by atoms with Gasteiger partial charge < -0.3 is 16.8 Å². The number of nitrogen functional groups attached to an aromatic ring is 1. The van der Waals surface area contributed by atoms with Crippen LogP contribution in [0.1, 0.15) is 37.0 Å². The van der Waals surface area contributed by atoms with Crippen LogP contribution in [0.5, 0.6) is 0 Å². The average molecular weight is 267 g/mol. The highest BCUT2D eigenvalue weighted by atomic mass is 16.2. The maximum absolute atomic E-state index is 12.2. The Morgan fingerprint density at radius 1 is 1.42 bits per heavy atom. The SMILES string of the molecule is CCc1nn(C)c(C(=O)NC(C(N)=O)C(C)C)c1N. The molecular weight excluding hydrogens is 246 g/mol. The molecule has 7 heteroatoms. The van der Waals surface area contributed by atoms with E-state index in [0.717, 1.165) is 0 Å². The van der Waals surface area contributed by atoms with Crippen LogP contribution >= 0.6 is 0 Å². The van der Waals surface area contributed by atoms with Crippen LogP contribution in [0.4, 0.5) is 5.69 Å². The van der Waals surface area contributed by atoms with Crippen LogP contribution in [0.25, 0.3) is 0 Å². The number of anilines is 1. The van der Waals surface area contributed by atoms with Crippen molar-refractivity contribution in [2.45, 2.75) is 33.2 Å². The number of hydrogen-bond donors (Lipinski definition) is 3. The molecule has 0 aliphatic rings. The second-order valence-corrected chi connectivity index (χ2v) is 4.78. The summed E-state index contributed by atoms with van der Waals surface area (Å²) in [5.74, 6) is -1.11. The van der Waals surface area contributed by atoms with Gasteiger partial charge in [-0.15, -0.1) is 0 Å². The molecule has 1 unspecified atom stereocenters. The summed E-state index contributed by atoms with van der Waals surface area (Å²) in [6.45, 7) is 5.51. The smallest absolute Gasteiger partial charge is 0.272 e. The maximum atomic E-state index is 12.2. The molecule has 106 valence electrons. The van der Waals surface area contributed by atoms with E-state index in [1.165, 1.54) is 4.68 Å². The Kier molecular flexibility index (Phi) is 4.52. The van der Waals surface area contributed by atoms with E-state index in [0.29, 0.717) is 17.8 Å². The molecule has 0 saturated heterocycles. The third-order valence-corrected chi connectivity index (χ3v) is 2.97. The Bertz CT molecular complexity index is 493. The summed E-state index contributed by atoms with van der Waals surface area (Å²) in [4.78, 5) is 23.5. The summed E-state index contributed by atoms with van der Waals surface area (Å²) >= 11 is 0. The first kappa shape index (κ1) is 15.0. The normalized spacial score (nSPS) is 12.5. The Morgan fingerprint density at radius 3 is 2.37 bits per heavy atom. The van der Waals surface area contributed by atoms with Crippen molar-refractivity contribution in [1.29, 1.82) is 0 Å². The zero-order chi connectivity index (χ0) is 14.7. The van der Waals surface area contributed by atoms with E-state index in [4.69, 9.17) is 11.5 Å². The van der Waals surface area contributed by atoms with E-state index < -0.39 is 17.9 Å². The third-order valence-electron chi connectivity index (χ3n) is 2.97. The van der Waals surface area contributed by atoms with E-state index in [1.54, 1.807) is 20.9 Å². The number of aromatic nitrogens is 2. The molecular formula is C12H21N5O2. The van der Waals surface area contributed by atoms with Crippen molar-refractivity contribution in [2.24, 2.45) is 18.7 Å². The highest BCUT2D eigenvalue weighted by Crippen LogP contribution is 2.17. The monoisotopic (exact) mass is 267 g/mol. The number of rotatable bonds is 5. The molecule has 1 heterocycles. The van der Waals surface area contributed by atoms with Crippen molar-refractivity contribution >= 4 is 17.5 Å². The predicted octanol–water partition coefficient (Wildman–Crippen LogP) is -0.196. The summed E-state index contributed by atoms with van der Waals surface area (Å²) in [5.41, 5.74) is 12.4. The van der Waals surface area contributed by atoms with E-state index >= 15 is 0 Å². The molecule has 1 atom stereocenters. The Labute approximate surface area is 112 Å². The average Bonchev–Trinajstić information content (AvgIpc) is 2.60. The fourth-order valence-corrected chi connectivity index (χ4v) is 1.90. The molecule has 7 nitrogen and oxygen atoms in total. The van der Waals surface area contributed by atoms with E-state index in [9.17, 15) is 9.59 Å². The number of hydrogen-bond acceptors (Lipinski definition) is 4. The molecule has 0 radical (unpaired) electrons. The van der Waals surface area contributed by atoms with Gasteiger partial charge in [-0.05, 0) is 12.3 Å². The Morgan fingerprint density at radius 2 is 2.00 bits per heavy atom. The lowest BCUT2D eigenvalue weighted by atomic mass is 10.0. The molecule has 0 aliphatic carbocycles. The van der Waals surface area contributed by atoms with Gasteiger partial charge in [-0.1, -0.05) is 20.8 Å². The fraction of sp³-hybridized carbons (Fsp3) is 0.583. The molecule has 1 aromatic heterocycles. The molecule has 5 N–H and O–H groups in total. The van der Waals surface area contributed by atoms with Crippen LogP contribution in [0.2, 0.25) is 0 Å². The van der Waals surface area contributed by atoms with Gasteiger partial charge in [0.1, 0.15) is 11.7 Å². The van der Waals surface area contributed by atoms with Gasteiger partial charge in [0, 0.05) is 7.05 Å². The molecule has 0 aromatic carbocycles. The lowest BCUT2D eigenvalue weighted by Crippen LogP contribution is -2.48. The maximum Gasteiger partial charge on any atom is 0.272 e. The Hall–Kier alpha value is -2.05. The minimum atomic E-state index is -0.730. The second kappa shape index (κ2) is 5.73. The zero-order valence-corrected chi connectivity index (χ0v) is 11.7. The molecule has 1 rings (SSSR count). The fourth-order valence-electron chi connectivity index (χ4n) is 1.90. The van der Waals surface area contributed by atoms with Gasteiger partial charge in [-0.2, -0.15) is 5.10 Å².